The van der Waals surface area contributed by atoms with Crippen molar-refractivity contribution in [3.05, 3.63) is 53.6 Å². The van der Waals surface area contributed by atoms with E-state index in [0.717, 1.165) is 29.1 Å². The van der Waals surface area contributed by atoms with Gasteiger partial charge in [0.05, 0.1) is 32.3 Å². The van der Waals surface area contributed by atoms with E-state index in [1.54, 1.807) is 13.3 Å². The van der Waals surface area contributed by atoms with Gasteiger partial charge in [-0.25, -0.2) is 5.43 Å². The van der Waals surface area contributed by atoms with Gasteiger partial charge in [-0.05, 0) is 54.8 Å². The molecule has 0 heterocycles. The molecule has 0 aliphatic rings. The summed E-state index contributed by atoms with van der Waals surface area (Å²) in [6.45, 7) is 5.16. The fraction of sp³-hybridized carbons (Fsp3) is 0.364. The topological polar surface area (TPSA) is 69.2 Å². The molecule has 29 heavy (non-hydrogen) atoms. The molecule has 7 heteroatoms. The number of benzene rings is 2. The first-order chi connectivity index (χ1) is 14.2. The summed E-state index contributed by atoms with van der Waals surface area (Å²) in [7, 11) is 1.64. The monoisotopic (exact) mass is 416 g/mol. The van der Waals surface area contributed by atoms with Crippen molar-refractivity contribution < 1.29 is 19.0 Å². The van der Waals surface area contributed by atoms with Gasteiger partial charge >= 0.3 is 0 Å². The summed E-state index contributed by atoms with van der Waals surface area (Å²) in [4.78, 5) is 12.0. The molecule has 0 aliphatic heterocycles. The SMILES string of the molecule is CCCOc1ccc(/C=N\NC(=O)CSCc2ccc(OC)cc2)cc1OCC. The van der Waals surface area contributed by atoms with E-state index in [1.165, 1.54) is 11.8 Å². The van der Waals surface area contributed by atoms with Crippen molar-refractivity contribution in [3.8, 4) is 17.2 Å². The summed E-state index contributed by atoms with van der Waals surface area (Å²) in [5, 5.41) is 4.03. The molecule has 156 valence electrons. The highest BCUT2D eigenvalue weighted by atomic mass is 32.2. The Labute approximate surface area is 176 Å². The average Bonchev–Trinajstić information content (AvgIpc) is 2.74. The third-order valence-electron chi connectivity index (χ3n) is 3.79. The van der Waals surface area contributed by atoms with Gasteiger partial charge in [0.25, 0.3) is 0 Å². The van der Waals surface area contributed by atoms with Crippen LogP contribution in [0.4, 0.5) is 0 Å². The molecule has 0 aromatic heterocycles. The van der Waals surface area contributed by atoms with Crippen LogP contribution in [0.1, 0.15) is 31.4 Å². The number of thioether (sulfide) groups is 1. The first-order valence-corrected chi connectivity index (χ1v) is 10.7. The summed E-state index contributed by atoms with van der Waals surface area (Å²) in [6, 6.07) is 13.4. The number of rotatable bonds is 12. The van der Waals surface area contributed by atoms with Gasteiger partial charge in [-0.15, -0.1) is 11.8 Å². The van der Waals surface area contributed by atoms with Crippen LogP contribution in [0.3, 0.4) is 0 Å². The number of carbonyl (C=O) groups excluding carboxylic acids is 1. The molecule has 0 bridgehead atoms. The average molecular weight is 417 g/mol. The fourth-order valence-electron chi connectivity index (χ4n) is 2.40. The van der Waals surface area contributed by atoms with Crippen LogP contribution in [0.15, 0.2) is 47.6 Å². The number of hydrogen-bond acceptors (Lipinski definition) is 6. The first kappa shape index (κ1) is 22.6. The van der Waals surface area contributed by atoms with E-state index >= 15 is 0 Å². The highest BCUT2D eigenvalue weighted by Crippen LogP contribution is 2.28. The molecule has 0 spiro atoms. The summed E-state index contributed by atoms with van der Waals surface area (Å²) in [5.74, 6) is 3.14. The zero-order valence-electron chi connectivity index (χ0n) is 17.1. The number of hydrazone groups is 1. The van der Waals surface area contributed by atoms with E-state index in [2.05, 4.69) is 17.5 Å². The Morgan fingerprint density at radius 3 is 2.59 bits per heavy atom. The molecule has 0 radical (unpaired) electrons. The molecular formula is C22H28N2O4S. The molecule has 0 saturated heterocycles. The van der Waals surface area contributed by atoms with Crippen molar-refractivity contribution >= 4 is 23.9 Å². The number of nitrogens with one attached hydrogen (secondary N) is 1. The van der Waals surface area contributed by atoms with Gasteiger partial charge in [0.2, 0.25) is 5.91 Å². The van der Waals surface area contributed by atoms with Crippen LogP contribution in [-0.4, -0.2) is 38.2 Å². The number of amides is 1. The zero-order valence-corrected chi connectivity index (χ0v) is 18.0. The van der Waals surface area contributed by atoms with Crippen LogP contribution in [0.5, 0.6) is 17.2 Å². The Kier molecular flexibility index (Phi) is 9.92. The Hall–Kier alpha value is -2.67. The van der Waals surface area contributed by atoms with Gasteiger partial charge in [0.1, 0.15) is 5.75 Å². The largest absolute Gasteiger partial charge is 0.497 e. The molecule has 0 unspecified atom stereocenters. The van der Waals surface area contributed by atoms with Crippen LogP contribution in [0.25, 0.3) is 0 Å². The lowest BCUT2D eigenvalue weighted by molar-refractivity contribution is -0.118. The molecule has 1 amide bonds. The smallest absolute Gasteiger partial charge is 0.250 e. The first-order valence-electron chi connectivity index (χ1n) is 9.58. The Balaban J connectivity index is 1.80. The van der Waals surface area contributed by atoms with E-state index in [4.69, 9.17) is 14.2 Å². The van der Waals surface area contributed by atoms with Crippen LogP contribution in [0.2, 0.25) is 0 Å². The third-order valence-corrected chi connectivity index (χ3v) is 4.80. The third kappa shape index (κ3) is 8.07. The summed E-state index contributed by atoms with van der Waals surface area (Å²) in [5.41, 5.74) is 4.52. The molecule has 2 aromatic rings. The molecule has 2 aromatic carbocycles. The molecule has 0 aliphatic carbocycles. The Bertz CT molecular complexity index is 794. The lowest BCUT2D eigenvalue weighted by atomic mass is 10.2. The second-order valence-electron chi connectivity index (χ2n) is 6.12. The maximum Gasteiger partial charge on any atom is 0.250 e. The van der Waals surface area contributed by atoms with Gasteiger partial charge in [-0.3, -0.25) is 4.79 Å². The van der Waals surface area contributed by atoms with E-state index in [0.29, 0.717) is 30.5 Å². The van der Waals surface area contributed by atoms with Crippen LogP contribution in [0, 0.1) is 0 Å². The van der Waals surface area contributed by atoms with Gasteiger partial charge in [0, 0.05) is 5.75 Å². The van der Waals surface area contributed by atoms with E-state index in [1.807, 2.05) is 49.4 Å². The summed E-state index contributed by atoms with van der Waals surface area (Å²) < 4.78 is 16.4. The number of methoxy groups -OCH3 is 1. The summed E-state index contributed by atoms with van der Waals surface area (Å²) >= 11 is 1.53. The normalized spacial score (nSPS) is 10.7. The predicted octanol–water partition coefficient (Wildman–Crippen LogP) is 4.27. The van der Waals surface area contributed by atoms with Crippen molar-refractivity contribution in [2.75, 3.05) is 26.1 Å². The van der Waals surface area contributed by atoms with Gasteiger partial charge < -0.3 is 14.2 Å². The van der Waals surface area contributed by atoms with Crippen molar-refractivity contribution in [1.82, 2.24) is 5.43 Å². The molecule has 6 nitrogen and oxygen atoms in total. The highest BCUT2D eigenvalue weighted by molar-refractivity contribution is 7.99. The lowest BCUT2D eigenvalue weighted by Gasteiger charge is -2.11. The second-order valence-corrected chi connectivity index (χ2v) is 7.11. The Morgan fingerprint density at radius 2 is 1.90 bits per heavy atom. The number of hydrogen-bond donors (Lipinski definition) is 1. The highest BCUT2D eigenvalue weighted by Gasteiger charge is 2.06. The van der Waals surface area contributed by atoms with E-state index in [9.17, 15) is 4.79 Å². The second kappa shape index (κ2) is 12.7. The fourth-order valence-corrected chi connectivity index (χ4v) is 3.18. The van der Waals surface area contributed by atoms with Crippen LogP contribution >= 0.6 is 11.8 Å². The van der Waals surface area contributed by atoms with E-state index < -0.39 is 0 Å². The minimum atomic E-state index is -0.146. The minimum Gasteiger partial charge on any atom is -0.497 e. The number of carbonyl (C=O) groups is 1. The molecule has 0 saturated carbocycles. The molecule has 1 N–H and O–H groups in total. The minimum absolute atomic E-state index is 0.146. The number of nitrogens with zero attached hydrogens (tertiary/aromatic N) is 1. The van der Waals surface area contributed by atoms with Gasteiger partial charge in [-0.1, -0.05) is 19.1 Å². The maximum absolute atomic E-state index is 12.0. The van der Waals surface area contributed by atoms with Crippen LogP contribution < -0.4 is 19.6 Å². The van der Waals surface area contributed by atoms with Crippen molar-refractivity contribution in [3.63, 3.8) is 0 Å². The van der Waals surface area contributed by atoms with Gasteiger partial charge in [0.15, 0.2) is 11.5 Å². The van der Waals surface area contributed by atoms with Gasteiger partial charge in [-0.2, -0.15) is 5.10 Å². The van der Waals surface area contributed by atoms with Crippen LogP contribution in [-0.2, 0) is 10.5 Å². The zero-order chi connectivity index (χ0) is 20.9. The van der Waals surface area contributed by atoms with Crippen molar-refractivity contribution in [2.45, 2.75) is 26.0 Å². The van der Waals surface area contributed by atoms with E-state index in [-0.39, 0.29) is 5.91 Å². The molecule has 2 rings (SSSR count). The van der Waals surface area contributed by atoms with Crippen molar-refractivity contribution in [2.24, 2.45) is 5.10 Å². The maximum atomic E-state index is 12.0. The molecule has 0 fully saturated rings. The quantitative estimate of drug-likeness (QED) is 0.413. The standard InChI is InChI=1S/C22H28N2O4S/c1-4-12-28-20-11-8-18(13-21(20)27-5-2)14-23-24-22(25)16-29-15-17-6-9-19(26-3)10-7-17/h6-11,13-14H,4-5,12,15-16H2,1-3H3,(H,24,25)/b23-14-. The molecule has 0 atom stereocenters. The Morgan fingerprint density at radius 1 is 1.10 bits per heavy atom. The number of ether oxygens (including phenoxy) is 3. The van der Waals surface area contributed by atoms with Crippen molar-refractivity contribution in [1.29, 1.82) is 0 Å². The summed E-state index contributed by atoms with van der Waals surface area (Å²) in [6.07, 6.45) is 2.52. The predicted molar refractivity (Wildman–Crippen MR) is 118 cm³/mol. The molecular weight excluding hydrogens is 388 g/mol. The lowest BCUT2D eigenvalue weighted by Crippen LogP contribution is -2.19.